The fraction of sp³-hybridized carbons (Fsp3) is 0.476. The number of piperazine rings is 1. The average Bonchev–Trinajstić information content (AvgIpc) is 3.25. The van der Waals surface area contributed by atoms with Gasteiger partial charge < -0.3 is 19.7 Å². The Morgan fingerprint density at radius 3 is 2.68 bits per heavy atom. The minimum Gasteiger partial charge on any atom is -0.496 e. The van der Waals surface area contributed by atoms with Crippen molar-refractivity contribution in [2.75, 3.05) is 53.5 Å². The summed E-state index contributed by atoms with van der Waals surface area (Å²) in [6.07, 6.45) is 0. The fourth-order valence-corrected chi connectivity index (χ4v) is 4.06. The van der Waals surface area contributed by atoms with Crippen LogP contribution in [0.25, 0.3) is 0 Å². The highest BCUT2D eigenvalue weighted by Gasteiger charge is 2.19. The summed E-state index contributed by atoms with van der Waals surface area (Å²) in [4.78, 5) is 10.7. The van der Waals surface area contributed by atoms with Crippen LogP contribution in [0.3, 0.4) is 0 Å². The molecule has 0 aliphatic carbocycles. The number of rotatable bonds is 8. The summed E-state index contributed by atoms with van der Waals surface area (Å²) >= 11 is 1.83. The second-order valence-corrected chi connectivity index (χ2v) is 7.71. The Balaban J connectivity index is 1.35. The summed E-state index contributed by atoms with van der Waals surface area (Å²) in [5.74, 6) is 1.82. The molecule has 1 aliphatic heterocycles. The highest BCUT2D eigenvalue weighted by molar-refractivity contribution is 7.09. The second-order valence-electron chi connectivity index (χ2n) is 6.68. The number of guanidine groups is 1. The average molecular weight is 403 g/mol. The normalized spacial score (nSPS) is 15.6. The third-order valence-corrected chi connectivity index (χ3v) is 5.68. The van der Waals surface area contributed by atoms with Crippen LogP contribution in [0.15, 0.2) is 46.8 Å². The molecule has 0 atom stereocenters. The third kappa shape index (κ3) is 5.95. The molecular formula is C21H30N4O2S. The summed E-state index contributed by atoms with van der Waals surface area (Å²) in [7, 11) is 3.53. The number of benzene rings is 1. The van der Waals surface area contributed by atoms with E-state index in [9.17, 15) is 0 Å². The van der Waals surface area contributed by atoms with Crippen molar-refractivity contribution in [1.82, 2.24) is 15.1 Å². The van der Waals surface area contributed by atoms with Crippen LogP contribution in [0.1, 0.15) is 10.4 Å². The van der Waals surface area contributed by atoms with Gasteiger partial charge >= 0.3 is 0 Å². The number of hydrogen-bond acceptors (Lipinski definition) is 5. The first-order chi connectivity index (χ1) is 13.8. The minimum absolute atomic E-state index is 0.547. The zero-order valence-corrected chi connectivity index (χ0v) is 17.6. The maximum Gasteiger partial charge on any atom is 0.193 e. The lowest BCUT2D eigenvalue weighted by atomic mass is 10.2. The quantitative estimate of drug-likeness (QED) is 0.418. The summed E-state index contributed by atoms with van der Waals surface area (Å²) < 4.78 is 11.2. The molecule has 152 valence electrons. The summed E-state index contributed by atoms with van der Waals surface area (Å²) in [6, 6.07) is 12.3. The van der Waals surface area contributed by atoms with Gasteiger partial charge in [0.05, 0.1) is 20.3 Å². The number of para-hydroxylation sites is 1. The van der Waals surface area contributed by atoms with E-state index in [1.807, 2.05) is 42.6 Å². The molecule has 2 aromatic rings. The van der Waals surface area contributed by atoms with E-state index in [0.717, 1.165) is 56.5 Å². The molecule has 0 spiro atoms. The van der Waals surface area contributed by atoms with E-state index in [1.54, 1.807) is 7.11 Å². The van der Waals surface area contributed by atoms with Crippen LogP contribution in [-0.4, -0.2) is 69.2 Å². The maximum atomic E-state index is 5.80. The van der Waals surface area contributed by atoms with E-state index in [0.29, 0.717) is 13.2 Å². The molecule has 28 heavy (non-hydrogen) atoms. The van der Waals surface area contributed by atoms with Gasteiger partial charge in [0.1, 0.15) is 5.75 Å². The van der Waals surface area contributed by atoms with Gasteiger partial charge in [-0.2, -0.15) is 0 Å². The number of hydrogen-bond donors (Lipinski definition) is 1. The van der Waals surface area contributed by atoms with Crippen LogP contribution in [0.4, 0.5) is 0 Å². The van der Waals surface area contributed by atoms with Gasteiger partial charge in [-0.1, -0.05) is 24.3 Å². The van der Waals surface area contributed by atoms with Crippen molar-refractivity contribution in [3.05, 3.63) is 52.2 Å². The zero-order valence-electron chi connectivity index (χ0n) is 16.8. The molecule has 0 radical (unpaired) electrons. The SMILES string of the molecule is CN=C(NCCOCc1ccccc1OC)N1CCN(Cc2cccs2)CC1. The standard InChI is InChI=1S/C21H30N4O2S/c1-22-21(23-9-14-27-17-18-6-3-4-8-20(18)26-2)25-12-10-24(11-13-25)16-19-7-5-15-28-19/h3-8,15H,9-14,16-17H2,1-2H3,(H,22,23). The van der Waals surface area contributed by atoms with Crippen molar-refractivity contribution in [2.45, 2.75) is 13.2 Å². The molecule has 1 aromatic carbocycles. The van der Waals surface area contributed by atoms with E-state index in [1.165, 1.54) is 4.88 Å². The molecule has 1 N–H and O–H groups in total. The molecule has 2 heterocycles. The van der Waals surface area contributed by atoms with E-state index in [-0.39, 0.29) is 0 Å². The number of nitrogens with one attached hydrogen (secondary N) is 1. The van der Waals surface area contributed by atoms with Gasteiger partial charge in [0.15, 0.2) is 5.96 Å². The smallest absolute Gasteiger partial charge is 0.193 e. The number of nitrogens with zero attached hydrogens (tertiary/aromatic N) is 3. The van der Waals surface area contributed by atoms with Crippen LogP contribution in [-0.2, 0) is 17.9 Å². The molecule has 1 saturated heterocycles. The van der Waals surface area contributed by atoms with Crippen molar-refractivity contribution < 1.29 is 9.47 Å². The zero-order chi connectivity index (χ0) is 19.6. The Kier molecular flexibility index (Phi) is 8.14. The lowest BCUT2D eigenvalue weighted by molar-refractivity contribution is 0.122. The van der Waals surface area contributed by atoms with Gasteiger partial charge in [-0.25, -0.2) is 0 Å². The molecule has 1 aromatic heterocycles. The Labute approximate surface area is 171 Å². The van der Waals surface area contributed by atoms with Crippen molar-refractivity contribution in [3.63, 3.8) is 0 Å². The van der Waals surface area contributed by atoms with Crippen LogP contribution in [0, 0.1) is 0 Å². The van der Waals surface area contributed by atoms with Gasteiger partial charge in [0, 0.05) is 56.8 Å². The lowest BCUT2D eigenvalue weighted by Crippen LogP contribution is -2.52. The lowest BCUT2D eigenvalue weighted by Gasteiger charge is -2.36. The molecule has 7 heteroatoms. The topological polar surface area (TPSA) is 49.3 Å². The molecule has 0 saturated carbocycles. The first-order valence-corrected chi connectivity index (χ1v) is 10.6. The molecular weight excluding hydrogens is 372 g/mol. The molecule has 6 nitrogen and oxygen atoms in total. The second kappa shape index (κ2) is 11.0. The summed E-state index contributed by atoms with van der Waals surface area (Å²) in [5, 5.41) is 5.56. The summed E-state index contributed by atoms with van der Waals surface area (Å²) in [5.41, 5.74) is 1.07. The molecule has 1 aliphatic rings. The first kappa shape index (κ1) is 20.6. The van der Waals surface area contributed by atoms with Crippen molar-refractivity contribution in [1.29, 1.82) is 0 Å². The highest BCUT2D eigenvalue weighted by atomic mass is 32.1. The number of thiophene rings is 1. The van der Waals surface area contributed by atoms with Crippen molar-refractivity contribution in [3.8, 4) is 5.75 Å². The molecule has 1 fully saturated rings. The van der Waals surface area contributed by atoms with Crippen LogP contribution in [0.2, 0.25) is 0 Å². The van der Waals surface area contributed by atoms with E-state index in [2.05, 4.69) is 37.6 Å². The van der Waals surface area contributed by atoms with E-state index < -0.39 is 0 Å². The third-order valence-electron chi connectivity index (χ3n) is 4.82. The Hall–Kier alpha value is -2.09. The van der Waals surface area contributed by atoms with Crippen LogP contribution >= 0.6 is 11.3 Å². The Morgan fingerprint density at radius 2 is 1.96 bits per heavy atom. The number of ether oxygens (including phenoxy) is 2. The largest absolute Gasteiger partial charge is 0.496 e. The maximum absolute atomic E-state index is 5.80. The van der Waals surface area contributed by atoms with Gasteiger partial charge in [0.2, 0.25) is 0 Å². The minimum atomic E-state index is 0.547. The van der Waals surface area contributed by atoms with Gasteiger partial charge in [-0.15, -0.1) is 11.3 Å². The van der Waals surface area contributed by atoms with E-state index >= 15 is 0 Å². The van der Waals surface area contributed by atoms with Gasteiger partial charge in [0.25, 0.3) is 0 Å². The molecule has 0 bridgehead atoms. The monoisotopic (exact) mass is 402 g/mol. The first-order valence-electron chi connectivity index (χ1n) is 9.70. The Morgan fingerprint density at radius 1 is 1.14 bits per heavy atom. The molecule has 0 unspecified atom stereocenters. The van der Waals surface area contributed by atoms with E-state index in [4.69, 9.17) is 9.47 Å². The Bertz CT molecular complexity index is 728. The predicted octanol–water partition coefficient (Wildman–Crippen LogP) is 2.67. The van der Waals surface area contributed by atoms with Crippen molar-refractivity contribution in [2.24, 2.45) is 4.99 Å². The molecule has 3 rings (SSSR count). The van der Waals surface area contributed by atoms with Gasteiger partial charge in [-0.3, -0.25) is 9.89 Å². The van der Waals surface area contributed by atoms with Crippen LogP contribution in [0.5, 0.6) is 5.75 Å². The fourth-order valence-electron chi connectivity index (χ4n) is 3.31. The van der Waals surface area contributed by atoms with Gasteiger partial charge in [-0.05, 0) is 17.5 Å². The summed E-state index contributed by atoms with van der Waals surface area (Å²) in [6.45, 7) is 7.05. The van der Waals surface area contributed by atoms with Crippen LogP contribution < -0.4 is 10.1 Å². The van der Waals surface area contributed by atoms with Crippen molar-refractivity contribution >= 4 is 17.3 Å². The number of aliphatic imine (C=N–C) groups is 1. The molecule has 0 amide bonds. The predicted molar refractivity (Wildman–Crippen MR) is 115 cm³/mol. The number of methoxy groups -OCH3 is 1. The highest BCUT2D eigenvalue weighted by Crippen LogP contribution is 2.18.